The van der Waals surface area contributed by atoms with Crippen molar-refractivity contribution >= 4 is 0 Å². The Bertz CT molecular complexity index is 300. The number of nitrogens with one attached hydrogen (secondary N) is 1. The van der Waals surface area contributed by atoms with E-state index in [0.29, 0.717) is 5.54 Å². The van der Waals surface area contributed by atoms with E-state index in [1.807, 2.05) is 30.3 Å². The van der Waals surface area contributed by atoms with Crippen LogP contribution < -0.4 is 10.1 Å². The molecule has 1 aliphatic carbocycles. The van der Waals surface area contributed by atoms with Crippen molar-refractivity contribution in [2.24, 2.45) is 0 Å². The lowest BCUT2D eigenvalue weighted by Crippen LogP contribution is -2.51. The van der Waals surface area contributed by atoms with Crippen LogP contribution in [0, 0.1) is 0 Å². The normalized spacial score (nSPS) is 17.8. The number of para-hydroxylation sites is 1. The summed E-state index contributed by atoms with van der Waals surface area (Å²) in [7, 11) is 0. The van der Waals surface area contributed by atoms with Gasteiger partial charge in [-0.25, -0.2) is 0 Å². The van der Waals surface area contributed by atoms with E-state index in [0.717, 1.165) is 18.9 Å². The van der Waals surface area contributed by atoms with Crippen molar-refractivity contribution < 1.29 is 4.74 Å². The molecule has 2 rings (SSSR count). The Morgan fingerprint density at radius 2 is 2.00 bits per heavy atom. The van der Waals surface area contributed by atoms with Gasteiger partial charge in [-0.15, -0.1) is 0 Å². The quantitative estimate of drug-likeness (QED) is 0.743. The summed E-state index contributed by atoms with van der Waals surface area (Å²) in [5.41, 5.74) is 0.431. The van der Waals surface area contributed by atoms with Gasteiger partial charge in [0.2, 0.25) is 0 Å². The topological polar surface area (TPSA) is 21.3 Å². The van der Waals surface area contributed by atoms with Crippen molar-refractivity contribution in [1.82, 2.24) is 5.32 Å². The molecule has 16 heavy (non-hydrogen) atoms. The first kappa shape index (κ1) is 11.5. The molecular formula is C14H21NO. The maximum Gasteiger partial charge on any atom is 0.119 e. The molecule has 1 aromatic rings. The summed E-state index contributed by atoms with van der Waals surface area (Å²) < 4.78 is 5.65. The van der Waals surface area contributed by atoms with Crippen molar-refractivity contribution in [1.29, 1.82) is 0 Å². The van der Waals surface area contributed by atoms with E-state index in [4.69, 9.17) is 4.74 Å². The molecule has 0 heterocycles. The SMILES string of the molecule is CCC1(NCCOc2ccccc2)CCC1. The molecule has 1 saturated carbocycles. The predicted molar refractivity (Wildman–Crippen MR) is 66.8 cm³/mol. The fourth-order valence-corrected chi connectivity index (χ4v) is 2.26. The van der Waals surface area contributed by atoms with Crippen LogP contribution in [0.25, 0.3) is 0 Å². The summed E-state index contributed by atoms with van der Waals surface area (Å²) in [5, 5.41) is 3.63. The Morgan fingerprint density at radius 3 is 2.56 bits per heavy atom. The standard InChI is InChI=1S/C14H21NO/c1-2-14(9-6-10-14)15-11-12-16-13-7-4-3-5-8-13/h3-5,7-8,15H,2,6,9-12H2,1H3. The fraction of sp³-hybridized carbons (Fsp3) is 0.571. The van der Waals surface area contributed by atoms with Crippen molar-refractivity contribution in [2.45, 2.75) is 38.1 Å². The molecule has 2 nitrogen and oxygen atoms in total. The van der Waals surface area contributed by atoms with E-state index in [9.17, 15) is 0 Å². The number of hydrogen-bond donors (Lipinski definition) is 1. The highest BCUT2D eigenvalue weighted by molar-refractivity contribution is 5.20. The van der Waals surface area contributed by atoms with Gasteiger partial charge in [0.05, 0.1) is 0 Å². The van der Waals surface area contributed by atoms with E-state index in [1.165, 1.54) is 25.7 Å². The number of ether oxygens (including phenoxy) is 1. The maximum atomic E-state index is 5.65. The second kappa shape index (κ2) is 5.35. The van der Waals surface area contributed by atoms with Gasteiger partial charge in [-0.2, -0.15) is 0 Å². The molecule has 1 fully saturated rings. The Kier molecular flexibility index (Phi) is 3.83. The van der Waals surface area contributed by atoms with Gasteiger partial charge in [-0.1, -0.05) is 25.1 Å². The summed E-state index contributed by atoms with van der Waals surface area (Å²) in [6.07, 6.45) is 5.27. The lowest BCUT2D eigenvalue weighted by molar-refractivity contribution is 0.165. The molecule has 0 unspecified atom stereocenters. The molecule has 1 N–H and O–H groups in total. The minimum atomic E-state index is 0.431. The van der Waals surface area contributed by atoms with E-state index < -0.39 is 0 Å². The number of benzene rings is 1. The molecule has 0 spiro atoms. The van der Waals surface area contributed by atoms with Gasteiger partial charge in [0.25, 0.3) is 0 Å². The Hall–Kier alpha value is -1.02. The smallest absolute Gasteiger partial charge is 0.119 e. The highest BCUT2D eigenvalue weighted by Gasteiger charge is 2.33. The molecule has 0 radical (unpaired) electrons. The molecule has 0 amide bonds. The van der Waals surface area contributed by atoms with Crippen LogP contribution in [0.2, 0.25) is 0 Å². The minimum absolute atomic E-state index is 0.431. The number of rotatable bonds is 6. The lowest BCUT2D eigenvalue weighted by atomic mass is 9.75. The first-order valence-corrected chi connectivity index (χ1v) is 6.27. The van der Waals surface area contributed by atoms with Crippen LogP contribution >= 0.6 is 0 Å². The molecule has 1 aliphatic rings. The van der Waals surface area contributed by atoms with Gasteiger partial charge in [-0.05, 0) is 37.8 Å². The Labute approximate surface area is 98.0 Å². The third kappa shape index (κ3) is 2.76. The van der Waals surface area contributed by atoms with Crippen LogP contribution in [-0.4, -0.2) is 18.7 Å². The second-order valence-electron chi connectivity index (χ2n) is 4.58. The monoisotopic (exact) mass is 219 g/mol. The van der Waals surface area contributed by atoms with Crippen molar-refractivity contribution in [3.05, 3.63) is 30.3 Å². The van der Waals surface area contributed by atoms with Crippen LogP contribution in [0.3, 0.4) is 0 Å². The second-order valence-corrected chi connectivity index (χ2v) is 4.58. The molecule has 0 aromatic heterocycles. The Morgan fingerprint density at radius 1 is 1.25 bits per heavy atom. The zero-order chi connectivity index (χ0) is 11.3. The molecule has 0 aliphatic heterocycles. The van der Waals surface area contributed by atoms with Crippen LogP contribution in [-0.2, 0) is 0 Å². The van der Waals surface area contributed by atoms with Gasteiger partial charge in [-0.3, -0.25) is 0 Å². The van der Waals surface area contributed by atoms with Crippen LogP contribution in [0.4, 0.5) is 0 Å². The maximum absolute atomic E-state index is 5.65. The zero-order valence-corrected chi connectivity index (χ0v) is 10.0. The van der Waals surface area contributed by atoms with Crippen LogP contribution in [0.1, 0.15) is 32.6 Å². The van der Waals surface area contributed by atoms with Crippen molar-refractivity contribution in [2.75, 3.05) is 13.2 Å². The molecule has 0 bridgehead atoms. The minimum Gasteiger partial charge on any atom is -0.492 e. The van der Waals surface area contributed by atoms with Gasteiger partial charge in [0, 0.05) is 12.1 Å². The predicted octanol–water partition coefficient (Wildman–Crippen LogP) is 2.99. The first-order chi connectivity index (χ1) is 7.85. The number of hydrogen-bond acceptors (Lipinski definition) is 2. The summed E-state index contributed by atoms with van der Waals surface area (Å²) in [4.78, 5) is 0. The summed E-state index contributed by atoms with van der Waals surface area (Å²) in [6, 6.07) is 10.0. The third-order valence-electron chi connectivity index (χ3n) is 3.60. The third-order valence-corrected chi connectivity index (χ3v) is 3.60. The highest BCUT2D eigenvalue weighted by atomic mass is 16.5. The van der Waals surface area contributed by atoms with Crippen molar-refractivity contribution in [3.8, 4) is 5.75 Å². The zero-order valence-electron chi connectivity index (χ0n) is 10.0. The van der Waals surface area contributed by atoms with Crippen LogP contribution in [0.15, 0.2) is 30.3 Å². The van der Waals surface area contributed by atoms with E-state index >= 15 is 0 Å². The average molecular weight is 219 g/mol. The van der Waals surface area contributed by atoms with Gasteiger partial charge in [0.15, 0.2) is 0 Å². The van der Waals surface area contributed by atoms with Crippen LogP contribution in [0.5, 0.6) is 5.75 Å². The first-order valence-electron chi connectivity index (χ1n) is 6.27. The fourth-order valence-electron chi connectivity index (χ4n) is 2.26. The molecule has 0 atom stereocenters. The van der Waals surface area contributed by atoms with E-state index in [-0.39, 0.29) is 0 Å². The molecule has 2 heteroatoms. The average Bonchev–Trinajstić information content (AvgIpc) is 2.29. The van der Waals surface area contributed by atoms with E-state index in [1.54, 1.807) is 0 Å². The lowest BCUT2D eigenvalue weighted by Gasteiger charge is -2.42. The molecule has 1 aromatic carbocycles. The summed E-state index contributed by atoms with van der Waals surface area (Å²) in [6.45, 7) is 3.97. The van der Waals surface area contributed by atoms with Gasteiger partial charge >= 0.3 is 0 Å². The van der Waals surface area contributed by atoms with Gasteiger partial charge < -0.3 is 10.1 Å². The summed E-state index contributed by atoms with van der Waals surface area (Å²) >= 11 is 0. The van der Waals surface area contributed by atoms with Gasteiger partial charge in [0.1, 0.15) is 12.4 Å². The Balaban J connectivity index is 1.65. The largest absolute Gasteiger partial charge is 0.492 e. The molecule has 88 valence electrons. The summed E-state index contributed by atoms with van der Waals surface area (Å²) in [5.74, 6) is 0.962. The van der Waals surface area contributed by atoms with E-state index in [2.05, 4.69) is 12.2 Å². The van der Waals surface area contributed by atoms with Crippen molar-refractivity contribution in [3.63, 3.8) is 0 Å². The molecule has 0 saturated heterocycles. The highest BCUT2D eigenvalue weighted by Crippen LogP contribution is 2.34. The molecular weight excluding hydrogens is 198 g/mol.